The number of unbranched alkanes of at least 4 members (excludes halogenated alkanes) is 1. The summed E-state index contributed by atoms with van der Waals surface area (Å²) in [7, 11) is 0. The molecular formula is C22H31NO3. The van der Waals surface area contributed by atoms with Gasteiger partial charge in [-0.2, -0.15) is 0 Å². The predicted octanol–water partition coefficient (Wildman–Crippen LogP) is 4.23. The maximum atomic E-state index is 13.0. The van der Waals surface area contributed by atoms with Crippen LogP contribution in [-0.4, -0.2) is 29.9 Å². The molecule has 3 rings (SSSR count). The van der Waals surface area contributed by atoms with Gasteiger partial charge in [0.2, 0.25) is 0 Å². The molecule has 4 heteroatoms. The van der Waals surface area contributed by atoms with E-state index in [0.717, 1.165) is 49.9 Å². The quantitative estimate of drug-likeness (QED) is 0.566. The summed E-state index contributed by atoms with van der Waals surface area (Å²) >= 11 is 0. The Bertz CT molecular complexity index is 624. The van der Waals surface area contributed by atoms with Gasteiger partial charge in [0.1, 0.15) is 0 Å². The Morgan fingerprint density at radius 1 is 1.08 bits per heavy atom. The molecule has 0 radical (unpaired) electrons. The van der Waals surface area contributed by atoms with Crippen LogP contribution >= 0.6 is 0 Å². The second-order valence-corrected chi connectivity index (χ2v) is 8.19. The van der Waals surface area contributed by atoms with Gasteiger partial charge >= 0.3 is 5.97 Å². The summed E-state index contributed by atoms with van der Waals surface area (Å²) in [5.41, 5.74) is 2.48. The fourth-order valence-corrected chi connectivity index (χ4v) is 4.67. The average Bonchev–Trinajstić information content (AvgIpc) is 2.66. The molecule has 142 valence electrons. The lowest BCUT2D eigenvalue weighted by Crippen LogP contribution is -2.40. The molecule has 4 nitrogen and oxygen atoms in total. The monoisotopic (exact) mass is 357 g/mol. The van der Waals surface area contributed by atoms with Gasteiger partial charge in [0, 0.05) is 17.9 Å². The van der Waals surface area contributed by atoms with Crippen LogP contribution in [-0.2, 0) is 11.2 Å². The topological polar surface area (TPSA) is 66.4 Å². The maximum absolute atomic E-state index is 13.0. The van der Waals surface area contributed by atoms with Crippen LogP contribution in [0.1, 0.15) is 73.7 Å². The van der Waals surface area contributed by atoms with Crippen LogP contribution in [0, 0.1) is 11.3 Å². The highest BCUT2D eigenvalue weighted by atomic mass is 16.4. The van der Waals surface area contributed by atoms with Crippen molar-refractivity contribution >= 4 is 11.8 Å². The van der Waals surface area contributed by atoms with Gasteiger partial charge in [-0.05, 0) is 87.9 Å². The molecule has 0 bridgehead atoms. The number of carbonyl (C=O) groups is 2. The molecule has 1 spiro atoms. The van der Waals surface area contributed by atoms with E-state index in [0.29, 0.717) is 17.6 Å². The average molecular weight is 357 g/mol. The van der Waals surface area contributed by atoms with Crippen LogP contribution < -0.4 is 5.32 Å². The number of rotatable bonds is 7. The number of aryl methyl sites for hydroxylation is 1. The lowest BCUT2D eigenvalue weighted by atomic mass is 9.65. The standard InChI is InChI=1S/C22H31NO3/c24-20(25)7-2-1-4-17-5-3-6-19(16-17)21(26)18-8-10-22(11-9-18)12-14-23-15-13-22/h3,5-6,16,18,23H,1-2,4,7-15H2,(H,24,25). The Morgan fingerprint density at radius 3 is 2.50 bits per heavy atom. The number of hydrogen-bond acceptors (Lipinski definition) is 3. The first-order valence-electron chi connectivity index (χ1n) is 10.1. The third-order valence-electron chi connectivity index (χ3n) is 6.40. The number of nitrogens with one attached hydrogen (secondary N) is 1. The van der Waals surface area contributed by atoms with E-state index in [2.05, 4.69) is 5.32 Å². The lowest BCUT2D eigenvalue weighted by Gasteiger charge is -2.42. The minimum Gasteiger partial charge on any atom is -0.481 e. The first kappa shape index (κ1) is 19.1. The van der Waals surface area contributed by atoms with Crippen molar-refractivity contribution < 1.29 is 14.7 Å². The van der Waals surface area contributed by atoms with E-state index in [1.807, 2.05) is 24.3 Å². The number of ketones is 1. The summed E-state index contributed by atoms with van der Waals surface area (Å²) < 4.78 is 0. The van der Waals surface area contributed by atoms with E-state index in [1.165, 1.54) is 25.7 Å². The molecule has 0 atom stereocenters. The summed E-state index contributed by atoms with van der Waals surface area (Å²) in [6.07, 6.45) is 9.58. The lowest BCUT2D eigenvalue weighted by molar-refractivity contribution is -0.137. The molecule has 26 heavy (non-hydrogen) atoms. The first-order chi connectivity index (χ1) is 12.6. The SMILES string of the molecule is O=C(O)CCCCc1cccc(C(=O)C2CCC3(CCNCC3)CC2)c1. The molecule has 1 aliphatic heterocycles. The Hall–Kier alpha value is -1.68. The van der Waals surface area contributed by atoms with E-state index in [1.54, 1.807) is 0 Å². The van der Waals surface area contributed by atoms with Crippen molar-refractivity contribution in [3.63, 3.8) is 0 Å². The minimum absolute atomic E-state index is 0.178. The third kappa shape index (κ3) is 4.94. The molecule has 1 heterocycles. The van der Waals surface area contributed by atoms with Gasteiger partial charge in [0.05, 0.1) is 0 Å². The minimum atomic E-state index is -0.738. The zero-order valence-electron chi connectivity index (χ0n) is 15.6. The Labute approximate surface area is 156 Å². The molecule has 0 unspecified atom stereocenters. The molecule has 1 aliphatic carbocycles. The second-order valence-electron chi connectivity index (χ2n) is 8.19. The van der Waals surface area contributed by atoms with Crippen LogP contribution in [0.15, 0.2) is 24.3 Å². The third-order valence-corrected chi connectivity index (χ3v) is 6.40. The van der Waals surface area contributed by atoms with Gasteiger partial charge < -0.3 is 10.4 Å². The van der Waals surface area contributed by atoms with Gasteiger partial charge in [-0.3, -0.25) is 9.59 Å². The van der Waals surface area contributed by atoms with Gasteiger partial charge in [-0.25, -0.2) is 0 Å². The zero-order chi connectivity index (χ0) is 18.4. The van der Waals surface area contributed by atoms with Gasteiger partial charge in [0.15, 0.2) is 5.78 Å². The molecule has 1 saturated heterocycles. The van der Waals surface area contributed by atoms with Crippen molar-refractivity contribution in [3.05, 3.63) is 35.4 Å². The smallest absolute Gasteiger partial charge is 0.303 e. The number of Topliss-reactive ketones (excluding diaryl/α,β-unsaturated/α-hetero) is 1. The van der Waals surface area contributed by atoms with Crippen LogP contribution in [0.3, 0.4) is 0 Å². The van der Waals surface area contributed by atoms with Crippen LogP contribution in [0.25, 0.3) is 0 Å². The normalized spacial score (nSPS) is 20.2. The van der Waals surface area contributed by atoms with E-state index in [-0.39, 0.29) is 12.3 Å². The largest absolute Gasteiger partial charge is 0.481 e. The highest BCUT2D eigenvalue weighted by molar-refractivity contribution is 5.98. The Balaban J connectivity index is 1.53. The number of carboxylic acid groups (broad SMARTS) is 1. The van der Waals surface area contributed by atoms with Crippen molar-refractivity contribution in [2.75, 3.05) is 13.1 Å². The molecule has 0 aromatic heterocycles. The first-order valence-corrected chi connectivity index (χ1v) is 10.1. The summed E-state index contributed by atoms with van der Waals surface area (Å²) in [4.78, 5) is 23.5. The Kier molecular flexibility index (Phi) is 6.47. The number of carboxylic acids is 1. The summed E-state index contributed by atoms with van der Waals surface area (Å²) in [6, 6.07) is 7.98. The fourth-order valence-electron chi connectivity index (χ4n) is 4.67. The van der Waals surface area contributed by atoms with E-state index in [9.17, 15) is 9.59 Å². The summed E-state index contributed by atoms with van der Waals surface area (Å²) in [6.45, 7) is 2.26. The van der Waals surface area contributed by atoms with Crippen LogP contribution in [0.2, 0.25) is 0 Å². The van der Waals surface area contributed by atoms with Crippen LogP contribution in [0.4, 0.5) is 0 Å². The zero-order valence-corrected chi connectivity index (χ0v) is 15.6. The number of hydrogen-bond donors (Lipinski definition) is 2. The van der Waals surface area contributed by atoms with E-state index >= 15 is 0 Å². The number of carbonyl (C=O) groups excluding carboxylic acids is 1. The highest BCUT2D eigenvalue weighted by Gasteiger charge is 2.38. The molecule has 1 saturated carbocycles. The van der Waals surface area contributed by atoms with E-state index < -0.39 is 5.97 Å². The molecule has 2 N–H and O–H groups in total. The van der Waals surface area contributed by atoms with Crippen molar-refractivity contribution in [3.8, 4) is 0 Å². The van der Waals surface area contributed by atoms with Gasteiger partial charge in [-0.1, -0.05) is 18.2 Å². The second kappa shape index (κ2) is 8.81. The van der Waals surface area contributed by atoms with Crippen molar-refractivity contribution in [1.29, 1.82) is 0 Å². The molecule has 2 aliphatic rings. The van der Waals surface area contributed by atoms with Crippen molar-refractivity contribution in [2.45, 2.75) is 64.2 Å². The molecular weight excluding hydrogens is 326 g/mol. The summed E-state index contributed by atoms with van der Waals surface area (Å²) in [5, 5.41) is 12.2. The molecule has 1 aromatic carbocycles. The maximum Gasteiger partial charge on any atom is 0.303 e. The predicted molar refractivity (Wildman–Crippen MR) is 102 cm³/mol. The highest BCUT2D eigenvalue weighted by Crippen LogP contribution is 2.45. The van der Waals surface area contributed by atoms with Crippen LogP contribution in [0.5, 0.6) is 0 Å². The fraction of sp³-hybridized carbons (Fsp3) is 0.636. The van der Waals surface area contributed by atoms with E-state index in [4.69, 9.17) is 5.11 Å². The molecule has 1 aromatic rings. The van der Waals surface area contributed by atoms with Crippen molar-refractivity contribution in [2.24, 2.45) is 11.3 Å². The molecule has 0 amide bonds. The van der Waals surface area contributed by atoms with Gasteiger partial charge in [-0.15, -0.1) is 0 Å². The van der Waals surface area contributed by atoms with Gasteiger partial charge in [0.25, 0.3) is 0 Å². The summed E-state index contributed by atoms with van der Waals surface area (Å²) in [5.74, 6) is -0.253. The molecule has 2 fully saturated rings. The number of aliphatic carboxylic acids is 1. The Morgan fingerprint density at radius 2 is 1.81 bits per heavy atom. The number of benzene rings is 1. The number of piperidine rings is 1. The van der Waals surface area contributed by atoms with Crippen molar-refractivity contribution in [1.82, 2.24) is 5.32 Å².